The summed E-state index contributed by atoms with van der Waals surface area (Å²) in [6, 6.07) is 4.56. The second kappa shape index (κ2) is 8.04. The molecule has 8 nitrogen and oxygen atoms in total. The number of nitrogens with zero attached hydrogens (tertiary/aromatic N) is 1. The Labute approximate surface area is 162 Å². The topological polar surface area (TPSA) is 99.8 Å². The van der Waals surface area contributed by atoms with Crippen molar-refractivity contribution in [3.05, 3.63) is 23.2 Å². The fourth-order valence-electron chi connectivity index (χ4n) is 3.49. The summed E-state index contributed by atoms with van der Waals surface area (Å²) in [6.45, 7) is 2.11. The van der Waals surface area contributed by atoms with Crippen molar-refractivity contribution >= 4 is 35.1 Å². The van der Waals surface area contributed by atoms with Crippen molar-refractivity contribution in [1.29, 1.82) is 0 Å². The van der Waals surface area contributed by atoms with Crippen molar-refractivity contribution in [2.24, 2.45) is 0 Å². The van der Waals surface area contributed by atoms with E-state index in [2.05, 4.69) is 16.1 Å². The predicted molar refractivity (Wildman–Crippen MR) is 100 cm³/mol. The van der Waals surface area contributed by atoms with E-state index in [1.807, 2.05) is 6.92 Å². The molecule has 1 spiro atoms. The number of para-hydroxylation sites is 1. The number of hydrogen-bond acceptors (Lipinski definition) is 5. The van der Waals surface area contributed by atoms with E-state index in [-0.39, 0.29) is 6.54 Å². The van der Waals surface area contributed by atoms with Crippen molar-refractivity contribution in [3.63, 3.8) is 0 Å². The van der Waals surface area contributed by atoms with Crippen molar-refractivity contribution in [1.82, 2.24) is 15.8 Å². The van der Waals surface area contributed by atoms with E-state index in [1.54, 1.807) is 18.2 Å². The van der Waals surface area contributed by atoms with Crippen LogP contribution in [-0.2, 0) is 9.59 Å². The molecule has 4 amide bonds. The Hall–Kier alpha value is -2.48. The molecule has 3 rings (SSSR count). The number of nitrogens with one attached hydrogen (secondary N) is 3. The first-order valence-corrected chi connectivity index (χ1v) is 9.46. The van der Waals surface area contributed by atoms with E-state index in [1.165, 1.54) is 0 Å². The highest BCUT2D eigenvalue weighted by Crippen LogP contribution is 2.34. The van der Waals surface area contributed by atoms with Crippen LogP contribution in [0.4, 0.5) is 10.5 Å². The molecule has 0 bridgehead atoms. The second-order valence-corrected chi connectivity index (χ2v) is 7.06. The number of hydrogen-bond donors (Lipinski definition) is 3. The molecule has 0 atom stereocenters. The first kappa shape index (κ1) is 19.3. The van der Waals surface area contributed by atoms with Crippen LogP contribution in [-0.4, -0.2) is 41.5 Å². The third-order valence-electron chi connectivity index (χ3n) is 4.80. The van der Waals surface area contributed by atoms with E-state index in [4.69, 9.17) is 16.3 Å². The maximum atomic E-state index is 12.7. The lowest BCUT2D eigenvalue weighted by molar-refractivity contribution is -0.139. The average Bonchev–Trinajstić information content (AvgIpc) is 2.87. The van der Waals surface area contributed by atoms with Crippen LogP contribution in [0.3, 0.4) is 0 Å². The van der Waals surface area contributed by atoms with Crippen LogP contribution in [0.25, 0.3) is 0 Å². The van der Waals surface area contributed by atoms with E-state index in [0.717, 1.165) is 24.3 Å². The molecule has 27 heavy (non-hydrogen) atoms. The number of rotatable bonds is 6. The summed E-state index contributed by atoms with van der Waals surface area (Å²) < 4.78 is 5.49. The molecule has 0 unspecified atom stereocenters. The lowest BCUT2D eigenvalue weighted by atomic mass is 9.82. The standard InChI is InChI=1S/C18H23ClN4O4/c1-2-27-15-12(19)7-6-8-13(15)20-11-14(24)22-23-16(25)18(21-17(23)26)9-4-3-5-10-18/h6-8,20H,2-5,9-11H2,1H3,(H,21,26)(H,22,24). The summed E-state index contributed by atoms with van der Waals surface area (Å²) >= 11 is 6.11. The van der Waals surface area contributed by atoms with Gasteiger partial charge in [0, 0.05) is 0 Å². The summed E-state index contributed by atoms with van der Waals surface area (Å²) in [5.74, 6) is -0.460. The van der Waals surface area contributed by atoms with Crippen LogP contribution in [0.5, 0.6) is 5.75 Å². The molecule has 146 valence electrons. The molecule has 2 fully saturated rings. The number of amides is 4. The Bertz CT molecular complexity index is 749. The number of carbonyl (C=O) groups excluding carboxylic acids is 3. The van der Waals surface area contributed by atoms with E-state index in [0.29, 0.717) is 35.9 Å². The summed E-state index contributed by atoms with van der Waals surface area (Å²) in [7, 11) is 0. The summed E-state index contributed by atoms with van der Waals surface area (Å²) in [5, 5.41) is 6.88. The van der Waals surface area contributed by atoms with Crippen molar-refractivity contribution in [2.45, 2.75) is 44.6 Å². The number of carbonyl (C=O) groups is 3. The first-order valence-electron chi connectivity index (χ1n) is 9.08. The van der Waals surface area contributed by atoms with Gasteiger partial charge in [-0.15, -0.1) is 0 Å². The van der Waals surface area contributed by atoms with Gasteiger partial charge in [-0.2, -0.15) is 5.01 Å². The van der Waals surface area contributed by atoms with Gasteiger partial charge in [0.2, 0.25) is 0 Å². The zero-order chi connectivity index (χ0) is 19.4. The van der Waals surface area contributed by atoms with E-state index in [9.17, 15) is 14.4 Å². The van der Waals surface area contributed by atoms with Crippen LogP contribution in [0.2, 0.25) is 5.02 Å². The quantitative estimate of drug-likeness (QED) is 0.643. The molecule has 0 aromatic heterocycles. The van der Waals surface area contributed by atoms with Crippen molar-refractivity contribution in [3.8, 4) is 5.75 Å². The third kappa shape index (κ3) is 3.95. The minimum Gasteiger partial charge on any atom is -0.490 e. The highest BCUT2D eigenvalue weighted by Gasteiger charge is 2.52. The molecule has 9 heteroatoms. The zero-order valence-electron chi connectivity index (χ0n) is 15.1. The Kier molecular flexibility index (Phi) is 5.74. The normalized spacial score (nSPS) is 18.4. The Morgan fingerprint density at radius 3 is 2.74 bits per heavy atom. The number of anilines is 1. The van der Waals surface area contributed by atoms with Crippen LogP contribution in [0.1, 0.15) is 39.0 Å². The van der Waals surface area contributed by atoms with Gasteiger partial charge >= 0.3 is 6.03 Å². The highest BCUT2D eigenvalue weighted by molar-refractivity contribution is 6.32. The Morgan fingerprint density at radius 2 is 2.04 bits per heavy atom. The molecule has 1 saturated carbocycles. The molecule has 1 aliphatic carbocycles. The van der Waals surface area contributed by atoms with Crippen molar-refractivity contribution < 1.29 is 19.1 Å². The lowest BCUT2D eigenvalue weighted by Gasteiger charge is -2.30. The number of imide groups is 1. The molecule has 1 aromatic rings. The van der Waals surface area contributed by atoms with E-state index < -0.39 is 23.4 Å². The van der Waals surface area contributed by atoms with Crippen LogP contribution < -0.4 is 20.8 Å². The van der Waals surface area contributed by atoms with Crippen LogP contribution >= 0.6 is 11.6 Å². The zero-order valence-corrected chi connectivity index (χ0v) is 15.9. The fourth-order valence-corrected chi connectivity index (χ4v) is 3.72. The first-order chi connectivity index (χ1) is 13.0. The monoisotopic (exact) mass is 394 g/mol. The molecule has 1 aromatic carbocycles. The largest absolute Gasteiger partial charge is 0.490 e. The summed E-state index contributed by atoms with van der Waals surface area (Å²) in [6.07, 6.45) is 4.00. The Balaban J connectivity index is 1.61. The van der Waals surface area contributed by atoms with Gasteiger partial charge in [0.1, 0.15) is 5.54 Å². The van der Waals surface area contributed by atoms with Crippen molar-refractivity contribution in [2.75, 3.05) is 18.5 Å². The maximum absolute atomic E-state index is 12.7. The predicted octanol–water partition coefficient (Wildman–Crippen LogP) is 2.44. The summed E-state index contributed by atoms with van der Waals surface area (Å²) in [4.78, 5) is 37.1. The molecule has 1 heterocycles. The van der Waals surface area contributed by atoms with E-state index >= 15 is 0 Å². The summed E-state index contributed by atoms with van der Waals surface area (Å²) in [5.41, 5.74) is 2.07. The minimum atomic E-state index is -0.870. The minimum absolute atomic E-state index is 0.148. The molecule has 2 aliphatic rings. The second-order valence-electron chi connectivity index (χ2n) is 6.65. The SMILES string of the molecule is CCOc1c(Cl)cccc1NCC(=O)NN1C(=O)NC2(CCCCC2)C1=O. The third-order valence-corrected chi connectivity index (χ3v) is 5.10. The fraction of sp³-hybridized carbons (Fsp3) is 0.500. The van der Waals surface area contributed by atoms with Gasteiger partial charge < -0.3 is 15.4 Å². The molecule has 1 saturated heterocycles. The molecular weight excluding hydrogens is 372 g/mol. The van der Waals surface area contributed by atoms with Crippen LogP contribution in [0, 0.1) is 0 Å². The number of ether oxygens (including phenoxy) is 1. The number of halogens is 1. The van der Waals surface area contributed by atoms with Crippen LogP contribution in [0.15, 0.2) is 18.2 Å². The number of benzene rings is 1. The van der Waals surface area contributed by atoms with Gasteiger partial charge in [0.25, 0.3) is 11.8 Å². The number of urea groups is 1. The van der Waals surface area contributed by atoms with Gasteiger partial charge in [-0.05, 0) is 31.9 Å². The van der Waals surface area contributed by atoms with Gasteiger partial charge in [-0.1, -0.05) is 36.9 Å². The van der Waals surface area contributed by atoms with Gasteiger partial charge in [0.15, 0.2) is 5.75 Å². The lowest BCUT2D eigenvalue weighted by Crippen LogP contribution is -2.51. The molecule has 0 radical (unpaired) electrons. The van der Waals surface area contributed by atoms with Gasteiger partial charge in [-0.3, -0.25) is 15.0 Å². The molecule has 3 N–H and O–H groups in total. The van der Waals surface area contributed by atoms with Gasteiger partial charge in [0.05, 0.1) is 23.9 Å². The maximum Gasteiger partial charge on any atom is 0.344 e. The smallest absolute Gasteiger partial charge is 0.344 e. The average molecular weight is 395 g/mol. The van der Waals surface area contributed by atoms with Gasteiger partial charge in [-0.25, -0.2) is 4.79 Å². The molecular formula is C18H23ClN4O4. The highest BCUT2D eigenvalue weighted by atomic mass is 35.5. The number of hydrazine groups is 1. The molecule has 1 aliphatic heterocycles. The Morgan fingerprint density at radius 1 is 1.30 bits per heavy atom.